The van der Waals surface area contributed by atoms with Crippen molar-refractivity contribution >= 4 is 22.5 Å². The Morgan fingerprint density at radius 2 is 1.55 bits per heavy atom. The number of aryl methyl sites for hydroxylation is 1. The number of para-hydroxylation sites is 2. The minimum Gasteiger partial charge on any atom is -0.322 e. The highest BCUT2D eigenvalue weighted by atomic mass is 16.1. The van der Waals surface area contributed by atoms with Gasteiger partial charge in [-0.1, -0.05) is 51.1 Å². The average Bonchev–Trinajstić information content (AvgIpc) is 2.74. The summed E-state index contributed by atoms with van der Waals surface area (Å²) in [5.74, 6) is 0.406. The SMILES string of the molecule is Cc1nc2ccccc2c(=O)n1-c1ccc(C(=O)Nc2ccccc2C(C)(C)C)cc1. The van der Waals surface area contributed by atoms with Gasteiger partial charge < -0.3 is 5.32 Å². The van der Waals surface area contributed by atoms with E-state index in [1.54, 1.807) is 41.8 Å². The van der Waals surface area contributed by atoms with E-state index in [1.807, 2.05) is 42.5 Å². The molecule has 0 bridgehead atoms. The second-order valence-electron chi connectivity index (χ2n) is 8.61. The molecule has 5 nitrogen and oxygen atoms in total. The zero-order chi connectivity index (χ0) is 22.2. The smallest absolute Gasteiger partial charge is 0.265 e. The van der Waals surface area contributed by atoms with Crippen molar-refractivity contribution in [2.45, 2.75) is 33.1 Å². The first-order chi connectivity index (χ1) is 14.8. The summed E-state index contributed by atoms with van der Waals surface area (Å²) in [5, 5.41) is 3.58. The summed E-state index contributed by atoms with van der Waals surface area (Å²) in [4.78, 5) is 30.4. The summed E-state index contributed by atoms with van der Waals surface area (Å²) in [6.07, 6.45) is 0. The third-order valence-corrected chi connectivity index (χ3v) is 5.31. The zero-order valence-corrected chi connectivity index (χ0v) is 18.1. The lowest BCUT2D eigenvalue weighted by atomic mass is 9.86. The normalized spacial score (nSPS) is 11.5. The van der Waals surface area contributed by atoms with Crippen LogP contribution in [0.5, 0.6) is 0 Å². The lowest BCUT2D eigenvalue weighted by Crippen LogP contribution is -2.22. The molecule has 0 radical (unpaired) electrons. The summed E-state index contributed by atoms with van der Waals surface area (Å²) in [6, 6.07) is 22.1. The van der Waals surface area contributed by atoms with E-state index in [-0.39, 0.29) is 16.9 Å². The van der Waals surface area contributed by atoms with Crippen molar-refractivity contribution in [3.05, 3.63) is 100 Å². The van der Waals surface area contributed by atoms with Crippen molar-refractivity contribution in [2.24, 2.45) is 0 Å². The number of carbonyl (C=O) groups excluding carboxylic acids is 1. The Kier molecular flexibility index (Phi) is 5.19. The first-order valence-corrected chi connectivity index (χ1v) is 10.3. The summed E-state index contributed by atoms with van der Waals surface area (Å²) in [7, 11) is 0. The molecule has 1 aromatic heterocycles. The lowest BCUT2D eigenvalue weighted by Gasteiger charge is -2.23. The number of hydrogen-bond acceptors (Lipinski definition) is 3. The third-order valence-electron chi connectivity index (χ3n) is 5.31. The quantitative estimate of drug-likeness (QED) is 0.501. The maximum atomic E-state index is 13.0. The number of benzene rings is 3. The van der Waals surface area contributed by atoms with Crippen LogP contribution in [0.4, 0.5) is 5.69 Å². The van der Waals surface area contributed by atoms with Crippen molar-refractivity contribution < 1.29 is 4.79 Å². The van der Waals surface area contributed by atoms with E-state index < -0.39 is 0 Å². The Balaban J connectivity index is 1.65. The molecular weight excluding hydrogens is 386 g/mol. The fourth-order valence-electron chi connectivity index (χ4n) is 3.75. The molecule has 0 saturated heterocycles. The largest absolute Gasteiger partial charge is 0.322 e. The highest BCUT2D eigenvalue weighted by Gasteiger charge is 2.19. The Labute approximate surface area is 181 Å². The predicted molar refractivity (Wildman–Crippen MR) is 125 cm³/mol. The van der Waals surface area contributed by atoms with Gasteiger partial charge in [-0.25, -0.2) is 4.98 Å². The van der Waals surface area contributed by atoms with E-state index in [9.17, 15) is 9.59 Å². The number of hydrogen-bond donors (Lipinski definition) is 1. The lowest BCUT2D eigenvalue weighted by molar-refractivity contribution is 0.102. The van der Waals surface area contributed by atoms with Gasteiger partial charge in [0.05, 0.1) is 16.6 Å². The summed E-state index contributed by atoms with van der Waals surface area (Å²) < 4.78 is 1.57. The van der Waals surface area contributed by atoms with Gasteiger partial charge in [-0.2, -0.15) is 0 Å². The van der Waals surface area contributed by atoms with Crippen LogP contribution in [0.15, 0.2) is 77.6 Å². The molecule has 1 heterocycles. The Morgan fingerprint density at radius 1 is 0.903 bits per heavy atom. The maximum absolute atomic E-state index is 13.0. The Morgan fingerprint density at radius 3 is 2.26 bits per heavy atom. The molecule has 3 aromatic carbocycles. The van der Waals surface area contributed by atoms with Crippen LogP contribution < -0.4 is 10.9 Å². The van der Waals surface area contributed by atoms with Crippen LogP contribution in [0.2, 0.25) is 0 Å². The molecule has 0 aliphatic heterocycles. The number of nitrogens with zero attached hydrogens (tertiary/aromatic N) is 2. The van der Waals surface area contributed by atoms with E-state index in [2.05, 4.69) is 31.1 Å². The van der Waals surface area contributed by atoms with Crippen molar-refractivity contribution in [1.29, 1.82) is 0 Å². The summed E-state index contributed by atoms with van der Waals surface area (Å²) >= 11 is 0. The Bertz CT molecular complexity index is 1330. The molecule has 1 amide bonds. The van der Waals surface area contributed by atoms with Gasteiger partial charge in [0, 0.05) is 11.3 Å². The molecule has 0 fully saturated rings. The van der Waals surface area contributed by atoms with Gasteiger partial charge in [-0.15, -0.1) is 0 Å². The van der Waals surface area contributed by atoms with Gasteiger partial charge in [0.2, 0.25) is 0 Å². The van der Waals surface area contributed by atoms with E-state index in [1.165, 1.54) is 0 Å². The first kappa shape index (κ1) is 20.5. The second-order valence-corrected chi connectivity index (χ2v) is 8.61. The molecule has 0 atom stereocenters. The molecule has 0 aliphatic rings. The fraction of sp³-hybridized carbons (Fsp3) is 0.192. The van der Waals surface area contributed by atoms with E-state index >= 15 is 0 Å². The van der Waals surface area contributed by atoms with Crippen molar-refractivity contribution in [3.63, 3.8) is 0 Å². The van der Waals surface area contributed by atoms with Crippen molar-refractivity contribution in [3.8, 4) is 5.69 Å². The molecule has 1 N–H and O–H groups in total. The van der Waals surface area contributed by atoms with Gasteiger partial charge in [0.25, 0.3) is 11.5 Å². The standard InChI is InChI=1S/C26H25N3O2/c1-17-27-22-11-7-5-9-20(22)25(31)29(17)19-15-13-18(14-16-19)24(30)28-23-12-8-6-10-21(23)26(2,3)4/h5-16H,1-4H3,(H,28,30). The van der Waals surface area contributed by atoms with Crippen LogP contribution >= 0.6 is 0 Å². The van der Waals surface area contributed by atoms with Gasteiger partial charge in [0.1, 0.15) is 5.82 Å². The van der Waals surface area contributed by atoms with Crippen LogP contribution in [0.3, 0.4) is 0 Å². The van der Waals surface area contributed by atoms with Crippen molar-refractivity contribution in [2.75, 3.05) is 5.32 Å². The average molecular weight is 412 g/mol. The van der Waals surface area contributed by atoms with Crippen LogP contribution in [0.1, 0.15) is 42.5 Å². The summed E-state index contributed by atoms with van der Waals surface area (Å²) in [5.41, 5.74) is 3.53. The molecular formula is C26H25N3O2. The monoisotopic (exact) mass is 411 g/mol. The summed E-state index contributed by atoms with van der Waals surface area (Å²) in [6.45, 7) is 8.15. The number of rotatable bonds is 3. The Hall–Kier alpha value is -3.73. The zero-order valence-electron chi connectivity index (χ0n) is 18.1. The van der Waals surface area contributed by atoms with Gasteiger partial charge in [-0.05, 0) is 60.4 Å². The minimum atomic E-state index is -0.191. The number of aromatic nitrogens is 2. The van der Waals surface area contributed by atoms with Gasteiger partial charge in [-0.3, -0.25) is 14.2 Å². The van der Waals surface area contributed by atoms with Crippen LogP contribution in [-0.4, -0.2) is 15.5 Å². The maximum Gasteiger partial charge on any atom is 0.265 e. The van der Waals surface area contributed by atoms with Gasteiger partial charge in [0.15, 0.2) is 0 Å². The molecule has 0 unspecified atom stereocenters. The molecule has 5 heteroatoms. The number of anilines is 1. The van der Waals surface area contributed by atoms with Crippen LogP contribution in [0, 0.1) is 6.92 Å². The van der Waals surface area contributed by atoms with E-state index in [4.69, 9.17) is 0 Å². The molecule has 0 aliphatic carbocycles. The molecule has 4 aromatic rings. The second kappa shape index (κ2) is 7.84. The first-order valence-electron chi connectivity index (χ1n) is 10.3. The number of carbonyl (C=O) groups is 1. The minimum absolute atomic E-state index is 0.0878. The molecule has 4 rings (SSSR count). The molecule has 31 heavy (non-hydrogen) atoms. The van der Waals surface area contributed by atoms with Crippen LogP contribution in [0.25, 0.3) is 16.6 Å². The third kappa shape index (κ3) is 3.99. The highest BCUT2D eigenvalue weighted by Crippen LogP contribution is 2.29. The van der Waals surface area contributed by atoms with Crippen molar-refractivity contribution in [1.82, 2.24) is 9.55 Å². The molecule has 0 saturated carbocycles. The van der Waals surface area contributed by atoms with Gasteiger partial charge >= 0.3 is 0 Å². The molecule has 0 spiro atoms. The number of fused-ring (bicyclic) bond motifs is 1. The highest BCUT2D eigenvalue weighted by molar-refractivity contribution is 6.04. The topological polar surface area (TPSA) is 64.0 Å². The van der Waals surface area contributed by atoms with E-state index in [0.29, 0.717) is 28.0 Å². The van der Waals surface area contributed by atoms with Crippen LogP contribution in [-0.2, 0) is 5.41 Å². The van der Waals surface area contributed by atoms with E-state index in [0.717, 1.165) is 11.3 Å². The fourth-order valence-corrected chi connectivity index (χ4v) is 3.75. The number of amides is 1. The molecule has 156 valence electrons. The predicted octanol–water partition coefficient (Wildman–Crippen LogP) is 5.24. The number of nitrogens with one attached hydrogen (secondary N) is 1.